The standard InChI is InChI=1S/C28H34N6OS/c1-17-12-19(6-7-20(17)14-29-26(35)23-15-30-27(36-23)28(2,3)4)24-25-22(31-16-32-24)13-21(33-25)18-8-10-34(5)11-9-18/h6-7,12-13,15-16,18H,8-11,14H2,1-5H3,(H,29,35)(H,31,32). The molecule has 0 atom stereocenters. The highest BCUT2D eigenvalue weighted by molar-refractivity contribution is 7.13. The first-order valence-corrected chi connectivity index (χ1v) is 13.4. The fraction of sp³-hybridized carbons (Fsp3) is 0.429. The fourth-order valence-corrected chi connectivity index (χ4v) is 5.60. The van der Waals surface area contributed by atoms with Crippen molar-refractivity contribution in [2.75, 3.05) is 20.1 Å². The number of likely N-dealkylation sites (tertiary alicyclic amines) is 1. The van der Waals surface area contributed by atoms with E-state index in [1.54, 1.807) is 12.5 Å². The molecule has 0 spiro atoms. The SMILES string of the molecule is Cc1cc(-c2nc[nH]c3cc(C4CCN(C)CC4)nc2-3)ccc1CNC(=O)c1cnc(C(C)(C)C)s1. The van der Waals surface area contributed by atoms with Crippen molar-refractivity contribution in [2.24, 2.45) is 0 Å². The second-order valence-electron chi connectivity index (χ2n) is 10.9. The molecular formula is C28H34N6OS. The summed E-state index contributed by atoms with van der Waals surface area (Å²) in [6, 6.07) is 8.48. The molecule has 0 saturated carbocycles. The molecule has 1 aromatic heterocycles. The third kappa shape index (κ3) is 5.06. The molecule has 188 valence electrons. The summed E-state index contributed by atoms with van der Waals surface area (Å²) in [5.74, 6) is 0.413. The number of nitrogens with one attached hydrogen (secondary N) is 2. The Morgan fingerprint density at radius 1 is 1.17 bits per heavy atom. The van der Waals surface area contributed by atoms with Crippen LogP contribution in [0.1, 0.15) is 71.0 Å². The van der Waals surface area contributed by atoms with Crippen molar-refractivity contribution in [3.05, 3.63) is 63.5 Å². The molecule has 0 radical (unpaired) electrons. The molecule has 5 rings (SSSR count). The molecule has 4 heterocycles. The fourth-order valence-electron chi connectivity index (χ4n) is 4.71. The number of amides is 1. The van der Waals surface area contributed by atoms with E-state index in [9.17, 15) is 4.79 Å². The van der Waals surface area contributed by atoms with Crippen molar-refractivity contribution in [1.29, 1.82) is 0 Å². The van der Waals surface area contributed by atoms with Gasteiger partial charge >= 0.3 is 0 Å². The third-order valence-electron chi connectivity index (χ3n) is 6.99. The summed E-state index contributed by atoms with van der Waals surface area (Å²) in [5, 5.41) is 4.01. The van der Waals surface area contributed by atoms with E-state index < -0.39 is 0 Å². The molecule has 36 heavy (non-hydrogen) atoms. The van der Waals surface area contributed by atoms with Gasteiger partial charge in [-0.05, 0) is 63.2 Å². The number of rotatable bonds is 5. The topological polar surface area (TPSA) is 86.8 Å². The van der Waals surface area contributed by atoms with Crippen molar-refractivity contribution in [3.8, 4) is 22.6 Å². The predicted molar refractivity (Wildman–Crippen MR) is 145 cm³/mol. The first kappa shape index (κ1) is 24.6. The number of nitrogens with zero attached hydrogens (tertiary/aromatic N) is 4. The Morgan fingerprint density at radius 2 is 1.94 bits per heavy atom. The largest absolute Gasteiger partial charge is 0.347 e. The molecule has 3 aliphatic rings. The number of benzene rings is 1. The highest BCUT2D eigenvalue weighted by Crippen LogP contribution is 2.35. The minimum atomic E-state index is -0.0872. The maximum absolute atomic E-state index is 12.7. The molecule has 1 aromatic carbocycles. The van der Waals surface area contributed by atoms with Crippen LogP contribution in [-0.2, 0) is 12.0 Å². The Labute approximate surface area is 216 Å². The number of fused-ring (bicyclic) bond motifs is 1. The number of aromatic nitrogens is 4. The molecule has 8 heteroatoms. The molecule has 2 N–H and O–H groups in total. The van der Waals surface area contributed by atoms with Gasteiger partial charge in [0.05, 0.1) is 28.9 Å². The molecule has 0 unspecified atom stereocenters. The van der Waals surface area contributed by atoms with Gasteiger partial charge in [-0.1, -0.05) is 32.9 Å². The molecule has 2 aromatic rings. The minimum Gasteiger partial charge on any atom is -0.347 e. The number of thiazole rings is 1. The van der Waals surface area contributed by atoms with Crippen LogP contribution in [0.2, 0.25) is 0 Å². The summed E-state index contributed by atoms with van der Waals surface area (Å²) >= 11 is 1.46. The Balaban J connectivity index is 1.31. The Kier molecular flexibility index (Phi) is 6.66. The lowest BCUT2D eigenvalue weighted by Crippen LogP contribution is -2.29. The summed E-state index contributed by atoms with van der Waals surface area (Å²) in [4.78, 5) is 33.1. The lowest BCUT2D eigenvalue weighted by atomic mass is 9.94. The molecule has 1 fully saturated rings. The van der Waals surface area contributed by atoms with Crippen LogP contribution in [0.5, 0.6) is 0 Å². The molecule has 0 bridgehead atoms. The van der Waals surface area contributed by atoms with E-state index in [-0.39, 0.29) is 11.3 Å². The van der Waals surface area contributed by atoms with Gasteiger partial charge in [-0.15, -0.1) is 11.3 Å². The van der Waals surface area contributed by atoms with E-state index in [4.69, 9.17) is 4.98 Å². The number of piperidine rings is 1. The zero-order valence-corrected chi connectivity index (χ0v) is 22.5. The number of carbonyl (C=O) groups is 1. The van der Waals surface area contributed by atoms with Crippen LogP contribution in [0.4, 0.5) is 0 Å². The van der Waals surface area contributed by atoms with Crippen LogP contribution >= 0.6 is 11.3 Å². The third-order valence-corrected chi connectivity index (χ3v) is 8.41. The van der Waals surface area contributed by atoms with E-state index in [1.807, 2.05) is 0 Å². The zero-order valence-electron chi connectivity index (χ0n) is 21.7. The maximum atomic E-state index is 12.7. The van der Waals surface area contributed by atoms with Crippen molar-refractivity contribution < 1.29 is 4.79 Å². The average molecular weight is 503 g/mol. The second kappa shape index (κ2) is 9.75. The maximum Gasteiger partial charge on any atom is 0.263 e. The van der Waals surface area contributed by atoms with Crippen molar-refractivity contribution in [1.82, 2.24) is 30.2 Å². The summed E-state index contributed by atoms with van der Waals surface area (Å²) in [7, 11) is 2.18. The van der Waals surface area contributed by atoms with Crippen LogP contribution in [0.15, 0.2) is 36.8 Å². The van der Waals surface area contributed by atoms with Gasteiger partial charge in [-0.2, -0.15) is 0 Å². The lowest BCUT2D eigenvalue weighted by molar-refractivity contribution is 0.0954. The van der Waals surface area contributed by atoms with Gasteiger partial charge in [-0.3, -0.25) is 4.79 Å². The van der Waals surface area contributed by atoms with Crippen LogP contribution in [0.25, 0.3) is 22.6 Å². The highest BCUT2D eigenvalue weighted by atomic mass is 32.1. The normalized spacial score (nSPS) is 15.5. The second-order valence-corrected chi connectivity index (χ2v) is 11.9. The first-order chi connectivity index (χ1) is 17.2. The van der Waals surface area contributed by atoms with Crippen molar-refractivity contribution in [3.63, 3.8) is 0 Å². The van der Waals surface area contributed by atoms with Crippen LogP contribution in [0, 0.1) is 6.92 Å². The van der Waals surface area contributed by atoms with Gasteiger partial charge in [0, 0.05) is 29.1 Å². The summed E-state index contributed by atoms with van der Waals surface area (Å²) < 4.78 is 0. The van der Waals surface area contributed by atoms with Crippen LogP contribution in [0.3, 0.4) is 0 Å². The van der Waals surface area contributed by atoms with Crippen LogP contribution < -0.4 is 5.32 Å². The minimum absolute atomic E-state index is 0.0608. The van der Waals surface area contributed by atoms with Gasteiger partial charge in [0.1, 0.15) is 10.6 Å². The number of aryl methyl sites for hydroxylation is 1. The van der Waals surface area contributed by atoms with Crippen molar-refractivity contribution >= 4 is 17.2 Å². The number of hydrogen-bond donors (Lipinski definition) is 2. The average Bonchev–Trinajstić information content (AvgIpc) is 3.51. The van der Waals surface area contributed by atoms with Gasteiger partial charge < -0.3 is 15.2 Å². The Hall–Kier alpha value is -3.10. The van der Waals surface area contributed by atoms with E-state index in [0.717, 1.165) is 70.4 Å². The van der Waals surface area contributed by atoms with Gasteiger partial charge in [-0.25, -0.2) is 15.0 Å². The summed E-state index contributed by atoms with van der Waals surface area (Å²) in [6.45, 7) is 11.1. The summed E-state index contributed by atoms with van der Waals surface area (Å²) in [6.07, 6.45) is 5.71. The predicted octanol–water partition coefficient (Wildman–Crippen LogP) is 5.38. The molecule has 1 amide bonds. The number of H-pyrrole nitrogens is 1. The number of aromatic amines is 1. The van der Waals surface area contributed by atoms with Gasteiger partial charge in [0.25, 0.3) is 5.91 Å². The molecular weight excluding hydrogens is 468 g/mol. The molecule has 1 saturated heterocycles. The zero-order chi connectivity index (χ0) is 25.4. The lowest BCUT2D eigenvalue weighted by Gasteiger charge is -2.27. The molecule has 7 nitrogen and oxygen atoms in total. The quantitative estimate of drug-likeness (QED) is 0.383. The van der Waals surface area contributed by atoms with Gasteiger partial charge in [0.2, 0.25) is 0 Å². The Morgan fingerprint density at radius 3 is 2.64 bits per heavy atom. The van der Waals surface area contributed by atoms with Crippen LogP contribution in [-0.4, -0.2) is 50.9 Å². The number of carbonyl (C=O) groups excluding carboxylic acids is 1. The Bertz CT molecular complexity index is 1340. The molecule has 3 aliphatic heterocycles. The number of hydrogen-bond acceptors (Lipinski definition) is 6. The molecule has 0 aliphatic carbocycles. The van der Waals surface area contributed by atoms with Crippen molar-refractivity contribution in [2.45, 2.75) is 58.4 Å². The first-order valence-electron chi connectivity index (χ1n) is 12.6. The van der Waals surface area contributed by atoms with E-state index in [2.05, 4.69) is 84.2 Å². The highest BCUT2D eigenvalue weighted by Gasteiger charge is 2.25. The van der Waals surface area contributed by atoms with E-state index in [0.29, 0.717) is 17.3 Å². The monoisotopic (exact) mass is 502 g/mol. The van der Waals surface area contributed by atoms with Gasteiger partial charge in [0.15, 0.2) is 0 Å². The van der Waals surface area contributed by atoms with E-state index in [1.165, 1.54) is 11.3 Å². The smallest absolute Gasteiger partial charge is 0.263 e. The van der Waals surface area contributed by atoms with E-state index >= 15 is 0 Å². The summed E-state index contributed by atoms with van der Waals surface area (Å²) in [5.41, 5.74) is 7.17.